The molecule has 1 atom stereocenters. The van der Waals surface area contributed by atoms with Gasteiger partial charge in [0, 0.05) is 18.7 Å². The first kappa shape index (κ1) is 14.7. The molecule has 1 saturated heterocycles. The maximum atomic E-state index is 12.8. The van der Waals surface area contributed by atoms with Crippen molar-refractivity contribution in [3.05, 3.63) is 23.8 Å². The predicted octanol–water partition coefficient (Wildman–Crippen LogP) is 2.12. The first-order valence-electron chi connectivity index (χ1n) is 7.69. The van der Waals surface area contributed by atoms with Crippen LogP contribution in [0.3, 0.4) is 0 Å². The summed E-state index contributed by atoms with van der Waals surface area (Å²) in [5, 5.41) is 9.22. The smallest absolute Gasteiger partial charge is 0.407 e. The van der Waals surface area contributed by atoms with E-state index in [1.807, 2.05) is 25.1 Å². The molecule has 0 bridgehead atoms. The Hall–Kier alpha value is -2.24. The lowest BCUT2D eigenvalue weighted by atomic mass is 10.1. The first-order valence-corrected chi connectivity index (χ1v) is 7.69. The minimum atomic E-state index is -1.02. The van der Waals surface area contributed by atoms with E-state index in [2.05, 4.69) is 0 Å². The van der Waals surface area contributed by atoms with Crippen molar-refractivity contribution >= 4 is 17.7 Å². The van der Waals surface area contributed by atoms with Crippen LogP contribution in [0.4, 0.5) is 10.5 Å². The van der Waals surface area contributed by atoms with E-state index in [4.69, 9.17) is 4.74 Å². The van der Waals surface area contributed by atoms with E-state index in [0.717, 1.165) is 29.8 Å². The summed E-state index contributed by atoms with van der Waals surface area (Å²) in [5.41, 5.74) is 1.89. The number of carbonyl (C=O) groups excluding carboxylic acids is 1. The number of rotatable bonds is 3. The van der Waals surface area contributed by atoms with Gasteiger partial charge in [-0.2, -0.15) is 0 Å². The number of anilines is 1. The van der Waals surface area contributed by atoms with Gasteiger partial charge in [0.1, 0.15) is 11.8 Å². The van der Waals surface area contributed by atoms with Gasteiger partial charge in [0.05, 0.1) is 12.3 Å². The van der Waals surface area contributed by atoms with Crippen LogP contribution in [0.15, 0.2) is 18.2 Å². The molecule has 2 heterocycles. The van der Waals surface area contributed by atoms with Gasteiger partial charge in [-0.05, 0) is 38.3 Å². The van der Waals surface area contributed by atoms with Gasteiger partial charge in [0.25, 0.3) is 0 Å². The van der Waals surface area contributed by atoms with Crippen molar-refractivity contribution in [2.24, 2.45) is 0 Å². The van der Waals surface area contributed by atoms with Gasteiger partial charge in [-0.25, -0.2) is 4.79 Å². The highest BCUT2D eigenvalue weighted by atomic mass is 16.5. The molecule has 1 aromatic rings. The molecule has 22 heavy (non-hydrogen) atoms. The molecule has 6 nitrogen and oxygen atoms in total. The van der Waals surface area contributed by atoms with E-state index in [1.165, 1.54) is 4.90 Å². The van der Waals surface area contributed by atoms with Crippen molar-refractivity contribution in [3.63, 3.8) is 0 Å². The van der Waals surface area contributed by atoms with Gasteiger partial charge in [-0.15, -0.1) is 0 Å². The van der Waals surface area contributed by atoms with E-state index >= 15 is 0 Å². The van der Waals surface area contributed by atoms with Gasteiger partial charge >= 0.3 is 6.09 Å². The number of ether oxygens (including phenoxy) is 1. The molecule has 1 fully saturated rings. The fraction of sp³-hybridized carbons (Fsp3) is 0.500. The molecule has 0 aliphatic carbocycles. The van der Waals surface area contributed by atoms with Gasteiger partial charge in [0.15, 0.2) is 0 Å². The fourth-order valence-corrected chi connectivity index (χ4v) is 3.35. The predicted molar refractivity (Wildman–Crippen MR) is 81.4 cm³/mol. The molecule has 1 aromatic carbocycles. The Morgan fingerprint density at radius 3 is 2.91 bits per heavy atom. The Morgan fingerprint density at radius 1 is 1.36 bits per heavy atom. The molecule has 0 unspecified atom stereocenters. The zero-order valence-corrected chi connectivity index (χ0v) is 12.6. The Bertz CT molecular complexity index is 602. The average Bonchev–Trinajstić information content (AvgIpc) is 3.14. The zero-order valence-electron chi connectivity index (χ0n) is 12.6. The number of hydrogen-bond acceptors (Lipinski definition) is 3. The van der Waals surface area contributed by atoms with Crippen molar-refractivity contribution in [1.29, 1.82) is 0 Å². The number of benzene rings is 1. The Morgan fingerprint density at radius 2 is 2.18 bits per heavy atom. The molecule has 0 radical (unpaired) electrons. The third-order valence-corrected chi connectivity index (χ3v) is 4.33. The van der Waals surface area contributed by atoms with Crippen LogP contribution in [-0.2, 0) is 11.2 Å². The normalized spacial score (nSPS) is 20.1. The van der Waals surface area contributed by atoms with Crippen molar-refractivity contribution in [2.75, 3.05) is 24.6 Å². The van der Waals surface area contributed by atoms with Crippen LogP contribution in [0.25, 0.3) is 0 Å². The van der Waals surface area contributed by atoms with Gasteiger partial charge < -0.3 is 14.7 Å². The van der Waals surface area contributed by atoms with E-state index in [-0.39, 0.29) is 5.91 Å². The summed E-state index contributed by atoms with van der Waals surface area (Å²) in [4.78, 5) is 27.0. The number of nitrogens with zero attached hydrogens (tertiary/aromatic N) is 2. The van der Waals surface area contributed by atoms with Gasteiger partial charge in [0.2, 0.25) is 5.91 Å². The number of carboxylic acid groups (broad SMARTS) is 1. The molecule has 0 spiro atoms. The Kier molecular flexibility index (Phi) is 3.92. The monoisotopic (exact) mass is 304 g/mol. The van der Waals surface area contributed by atoms with Crippen LogP contribution in [-0.4, -0.2) is 47.7 Å². The summed E-state index contributed by atoms with van der Waals surface area (Å²) >= 11 is 0. The molecule has 2 aliphatic rings. The van der Waals surface area contributed by atoms with Crippen LogP contribution in [0.2, 0.25) is 0 Å². The molecule has 1 N–H and O–H groups in total. The molecule has 118 valence electrons. The number of amides is 2. The van der Waals surface area contributed by atoms with Crippen molar-refractivity contribution in [3.8, 4) is 5.75 Å². The number of fused-ring (bicyclic) bond motifs is 1. The summed E-state index contributed by atoms with van der Waals surface area (Å²) in [5.74, 6) is 0.698. The molecule has 0 aromatic heterocycles. The maximum Gasteiger partial charge on any atom is 0.407 e. The van der Waals surface area contributed by atoms with Crippen molar-refractivity contribution in [2.45, 2.75) is 32.2 Å². The largest absolute Gasteiger partial charge is 0.494 e. The van der Waals surface area contributed by atoms with E-state index in [1.54, 1.807) is 4.90 Å². The lowest BCUT2D eigenvalue weighted by Gasteiger charge is -2.26. The number of likely N-dealkylation sites (tertiary alicyclic amines) is 1. The molecule has 2 amide bonds. The summed E-state index contributed by atoms with van der Waals surface area (Å²) in [7, 11) is 0. The zero-order chi connectivity index (χ0) is 15.7. The number of hydrogen-bond donors (Lipinski definition) is 1. The standard InChI is InChI=1S/C16H20N2O4/c1-2-22-14-7-3-5-12-11(14)8-10-17(12)15(19)13-6-4-9-18(13)16(20)21/h3,5,7,13H,2,4,6,8-10H2,1H3,(H,20,21)/t13-/m0/s1. The summed E-state index contributed by atoms with van der Waals surface area (Å²) in [6, 6.07) is 5.14. The highest BCUT2D eigenvalue weighted by Crippen LogP contribution is 2.36. The Labute approximate surface area is 129 Å². The molecule has 2 aliphatic heterocycles. The van der Waals surface area contributed by atoms with E-state index in [9.17, 15) is 14.7 Å². The second-order valence-corrected chi connectivity index (χ2v) is 5.56. The highest BCUT2D eigenvalue weighted by Gasteiger charge is 2.39. The van der Waals surface area contributed by atoms with Crippen molar-refractivity contribution in [1.82, 2.24) is 4.90 Å². The lowest BCUT2D eigenvalue weighted by molar-refractivity contribution is -0.122. The fourth-order valence-electron chi connectivity index (χ4n) is 3.35. The molecule has 6 heteroatoms. The molecule has 3 rings (SSSR count). The third-order valence-electron chi connectivity index (χ3n) is 4.33. The minimum absolute atomic E-state index is 0.118. The minimum Gasteiger partial charge on any atom is -0.494 e. The van der Waals surface area contributed by atoms with Crippen molar-refractivity contribution < 1.29 is 19.4 Å². The highest BCUT2D eigenvalue weighted by molar-refractivity contribution is 6.00. The quantitative estimate of drug-likeness (QED) is 0.928. The van der Waals surface area contributed by atoms with E-state index in [0.29, 0.717) is 26.1 Å². The molecule has 0 saturated carbocycles. The van der Waals surface area contributed by atoms with Gasteiger partial charge in [-0.3, -0.25) is 9.69 Å². The van der Waals surface area contributed by atoms with Gasteiger partial charge in [-0.1, -0.05) is 6.07 Å². The summed E-state index contributed by atoms with van der Waals surface area (Å²) in [6.07, 6.45) is 1.07. The van der Waals surface area contributed by atoms with Crippen LogP contribution in [0.5, 0.6) is 5.75 Å². The van der Waals surface area contributed by atoms with Crippen LogP contribution < -0.4 is 9.64 Å². The van der Waals surface area contributed by atoms with Crippen LogP contribution >= 0.6 is 0 Å². The molecular weight excluding hydrogens is 284 g/mol. The second-order valence-electron chi connectivity index (χ2n) is 5.56. The Balaban J connectivity index is 1.85. The first-order chi connectivity index (χ1) is 10.6. The number of carbonyl (C=O) groups is 2. The summed E-state index contributed by atoms with van der Waals surface area (Å²) in [6.45, 7) is 3.54. The topological polar surface area (TPSA) is 70.1 Å². The lowest BCUT2D eigenvalue weighted by Crippen LogP contribution is -2.47. The summed E-state index contributed by atoms with van der Waals surface area (Å²) < 4.78 is 5.62. The van der Waals surface area contributed by atoms with Crippen LogP contribution in [0.1, 0.15) is 25.3 Å². The van der Waals surface area contributed by atoms with Crippen LogP contribution in [0, 0.1) is 0 Å². The maximum absolute atomic E-state index is 12.8. The SMILES string of the molecule is CCOc1cccc2c1CCN2C(=O)[C@@H]1CCCN1C(=O)O. The average molecular weight is 304 g/mol. The molecular formula is C16H20N2O4. The third kappa shape index (κ3) is 2.38. The second kappa shape index (κ2) is 5.87. The van der Waals surface area contributed by atoms with E-state index < -0.39 is 12.1 Å².